The molecule has 0 saturated heterocycles. The average molecular weight is 242 g/mol. The molecule has 0 saturated carbocycles. The highest BCUT2D eigenvalue weighted by atomic mass is 35.5. The van der Waals surface area contributed by atoms with Crippen molar-refractivity contribution in [1.29, 1.82) is 0 Å². The third-order valence-corrected chi connectivity index (χ3v) is 2.46. The minimum atomic E-state index is -0.468. The molecule has 1 aromatic carbocycles. The smallest absolute Gasteiger partial charge is 0.152 e. The van der Waals surface area contributed by atoms with Crippen molar-refractivity contribution in [2.75, 3.05) is 0 Å². The van der Waals surface area contributed by atoms with Crippen LogP contribution in [0.5, 0.6) is 0 Å². The summed E-state index contributed by atoms with van der Waals surface area (Å²) in [5.41, 5.74) is 0.710. The number of rotatable bonds is 3. The van der Waals surface area contributed by atoms with Crippen molar-refractivity contribution in [3.63, 3.8) is 0 Å². The van der Waals surface area contributed by atoms with E-state index in [1.54, 1.807) is 6.07 Å². The van der Waals surface area contributed by atoms with Crippen LogP contribution in [0.3, 0.4) is 0 Å². The summed E-state index contributed by atoms with van der Waals surface area (Å²) < 4.78 is 14.7. The Bertz CT molecular complexity index is 501. The lowest BCUT2D eigenvalue weighted by Crippen LogP contribution is -2.07. The standard InChI is InChI=1S/C10H9ClFN3O/c11-8-2-1-7(3-9(8)12)4-15-10(5-16)13-6-14-15/h1-3,6,16H,4-5H2. The van der Waals surface area contributed by atoms with E-state index in [2.05, 4.69) is 10.1 Å². The Balaban J connectivity index is 2.24. The number of benzene rings is 1. The number of aliphatic hydroxyl groups excluding tert-OH is 1. The van der Waals surface area contributed by atoms with Gasteiger partial charge in [-0.25, -0.2) is 14.1 Å². The summed E-state index contributed by atoms with van der Waals surface area (Å²) in [7, 11) is 0. The van der Waals surface area contributed by atoms with E-state index in [1.165, 1.54) is 23.1 Å². The van der Waals surface area contributed by atoms with E-state index in [9.17, 15) is 4.39 Å². The summed E-state index contributed by atoms with van der Waals surface area (Å²) in [5.74, 6) is -0.0276. The van der Waals surface area contributed by atoms with Gasteiger partial charge < -0.3 is 5.11 Å². The van der Waals surface area contributed by atoms with E-state index in [0.29, 0.717) is 17.9 Å². The van der Waals surface area contributed by atoms with Crippen LogP contribution < -0.4 is 0 Å². The summed E-state index contributed by atoms with van der Waals surface area (Å²) >= 11 is 5.57. The summed E-state index contributed by atoms with van der Waals surface area (Å²) in [6.07, 6.45) is 1.35. The van der Waals surface area contributed by atoms with Crippen LogP contribution in [0, 0.1) is 5.82 Å². The molecular formula is C10H9ClFN3O. The fourth-order valence-corrected chi connectivity index (χ4v) is 1.47. The molecule has 84 valence electrons. The number of halogens is 2. The number of aromatic nitrogens is 3. The summed E-state index contributed by atoms with van der Waals surface area (Å²) in [6.45, 7) is 0.153. The van der Waals surface area contributed by atoms with Gasteiger partial charge in [0, 0.05) is 0 Å². The van der Waals surface area contributed by atoms with E-state index in [1.807, 2.05) is 0 Å². The Morgan fingerprint density at radius 2 is 2.25 bits per heavy atom. The predicted molar refractivity (Wildman–Crippen MR) is 56.5 cm³/mol. The zero-order valence-corrected chi connectivity index (χ0v) is 9.02. The SMILES string of the molecule is OCc1ncnn1Cc1ccc(Cl)c(F)c1. The quantitative estimate of drug-likeness (QED) is 0.888. The van der Waals surface area contributed by atoms with Crippen molar-refractivity contribution in [3.8, 4) is 0 Å². The van der Waals surface area contributed by atoms with Crippen LogP contribution in [0.4, 0.5) is 4.39 Å². The molecule has 2 rings (SSSR count). The van der Waals surface area contributed by atoms with Gasteiger partial charge in [-0.05, 0) is 17.7 Å². The molecule has 1 heterocycles. The van der Waals surface area contributed by atoms with Gasteiger partial charge in [0.1, 0.15) is 18.8 Å². The first kappa shape index (κ1) is 11.0. The van der Waals surface area contributed by atoms with Crippen LogP contribution in [0.15, 0.2) is 24.5 Å². The van der Waals surface area contributed by atoms with Gasteiger partial charge in [-0.1, -0.05) is 17.7 Å². The molecule has 0 fully saturated rings. The molecule has 0 amide bonds. The fourth-order valence-electron chi connectivity index (χ4n) is 1.35. The third-order valence-electron chi connectivity index (χ3n) is 2.15. The van der Waals surface area contributed by atoms with Crippen LogP contribution in [-0.2, 0) is 13.2 Å². The van der Waals surface area contributed by atoms with Gasteiger partial charge in [-0.2, -0.15) is 5.10 Å². The van der Waals surface area contributed by atoms with Gasteiger partial charge in [-0.15, -0.1) is 0 Å². The highest BCUT2D eigenvalue weighted by Gasteiger charge is 2.05. The largest absolute Gasteiger partial charge is 0.388 e. The molecular weight excluding hydrogens is 233 g/mol. The number of aliphatic hydroxyl groups is 1. The number of hydrogen-bond acceptors (Lipinski definition) is 3. The average Bonchev–Trinajstić information content (AvgIpc) is 2.71. The first-order chi connectivity index (χ1) is 7.70. The second-order valence-electron chi connectivity index (χ2n) is 3.24. The van der Waals surface area contributed by atoms with Crippen molar-refractivity contribution in [2.45, 2.75) is 13.2 Å². The highest BCUT2D eigenvalue weighted by Crippen LogP contribution is 2.16. The zero-order valence-electron chi connectivity index (χ0n) is 8.27. The van der Waals surface area contributed by atoms with E-state index < -0.39 is 5.82 Å². The maximum absolute atomic E-state index is 13.2. The molecule has 0 aliphatic rings. The number of nitrogens with zero attached hydrogens (tertiary/aromatic N) is 3. The molecule has 0 aliphatic heterocycles. The monoisotopic (exact) mass is 241 g/mol. The Labute approximate surface area is 96.3 Å². The molecule has 4 nitrogen and oxygen atoms in total. The summed E-state index contributed by atoms with van der Waals surface area (Å²) in [5, 5.41) is 13.0. The molecule has 1 N–H and O–H groups in total. The van der Waals surface area contributed by atoms with Crippen molar-refractivity contribution >= 4 is 11.6 Å². The van der Waals surface area contributed by atoms with E-state index >= 15 is 0 Å². The molecule has 0 atom stereocenters. The molecule has 0 unspecified atom stereocenters. The first-order valence-corrected chi connectivity index (χ1v) is 5.00. The minimum absolute atomic E-state index is 0.0877. The Hall–Kier alpha value is -1.46. The lowest BCUT2D eigenvalue weighted by atomic mass is 10.2. The maximum Gasteiger partial charge on any atom is 0.152 e. The van der Waals surface area contributed by atoms with Crippen LogP contribution in [0.1, 0.15) is 11.4 Å². The van der Waals surface area contributed by atoms with Crippen molar-refractivity contribution in [1.82, 2.24) is 14.8 Å². The lowest BCUT2D eigenvalue weighted by molar-refractivity contribution is 0.264. The predicted octanol–water partition coefficient (Wildman–Crippen LogP) is 1.61. The molecule has 0 radical (unpaired) electrons. The van der Waals surface area contributed by atoms with E-state index in [4.69, 9.17) is 16.7 Å². The molecule has 1 aromatic heterocycles. The normalized spacial score (nSPS) is 10.7. The van der Waals surface area contributed by atoms with Gasteiger partial charge in [0.05, 0.1) is 11.6 Å². The van der Waals surface area contributed by atoms with Crippen molar-refractivity contribution in [3.05, 3.63) is 46.8 Å². The Kier molecular flexibility index (Phi) is 3.17. The minimum Gasteiger partial charge on any atom is -0.388 e. The zero-order chi connectivity index (χ0) is 11.5. The molecule has 0 aliphatic carbocycles. The molecule has 0 spiro atoms. The Morgan fingerprint density at radius 3 is 2.94 bits per heavy atom. The second kappa shape index (κ2) is 4.59. The number of hydrogen-bond donors (Lipinski definition) is 1. The first-order valence-electron chi connectivity index (χ1n) is 4.62. The lowest BCUT2D eigenvalue weighted by Gasteiger charge is -2.05. The van der Waals surface area contributed by atoms with Crippen molar-refractivity contribution in [2.24, 2.45) is 0 Å². The van der Waals surface area contributed by atoms with Crippen LogP contribution in [0.2, 0.25) is 5.02 Å². The van der Waals surface area contributed by atoms with Crippen LogP contribution in [0.25, 0.3) is 0 Å². The second-order valence-corrected chi connectivity index (χ2v) is 3.65. The molecule has 0 bridgehead atoms. The topological polar surface area (TPSA) is 50.9 Å². The van der Waals surface area contributed by atoms with Crippen molar-refractivity contribution < 1.29 is 9.50 Å². The maximum atomic E-state index is 13.2. The summed E-state index contributed by atoms with van der Waals surface area (Å²) in [6, 6.07) is 4.53. The molecule has 16 heavy (non-hydrogen) atoms. The van der Waals surface area contributed by atoms with Crippen LogP contribution >= 0.6 is 11.6 Å². The van der Waals surface area contributed by atoms with Crippen LogP contribution in [-0.4, -0.2) is 19.9 Å². The van der Waals surface area contributed by atoms with Gasteiger partial charge in [0.25, 0.3) is 0 Å². The third kappa shape index (κ3) is 2.20. The highest BCUT2D eigenvalue weighted by molar-refractivity contribution is 6.30. The molecule has 6 heteroatoms. The van der Waals surface area contributed by atoms with E-state index in [-0.39, 0.29) is 11.6 Å². The van der Waals surface area contributed by atoms with E-state index in [0.717, 1.165) is 0 Å². The van der Waals surface area contributed by atoms with Gasteiger partial charge in [0.2, 0.25) is 0 Å². The summed E-state index contributed by atoms with van der Waals surface area (Å²) in [4.78, 5) is 3.85. The molecule has 2 aromatic rings. The van der Waals surface area contributed by atoms with Gasteiger partial charge >= 0.3 is 0 Å². The Morgan fingerprint density at radius 1 is 1.44 bits per heavy atom. The fraction of sp³-hybridized carbons (Fsp3) is 0.200. The van der Waals surface area contributed by atoms with Gasteiger partial charge in [0.15, 0.2) is 5.82 Å². The van der Waals surface area contributed by atoms with Gasteiger partial charge in [-0.3, -0.25) is 0 Å².